The summed E-state index contributed by atoms with van der Waals surface area (Å²) in [5.74, 6) is 0.372. The minimum absolute atomic E-state index is 0.0463. The van der Waals surface area contributed by atoms with Crippen molar-refractivity contribution in [2.24, 2.45) is 0 Å². The van der Waals surface area contributed by atoms with Gasteiger partial charge in [-0.3, -0.25) is 4.79 Å². The summed E-state index contributed by atoms with van der Waals surface area (Å²) in [5, 5.41) is 0.206. The fraction of sp³-hybridized carbons (Fsp3) is 0.350. The molecule has 1 fully saturated rings. The molecule has 0 unspecified atom stereocenters. The molecule has 3 rings (SSSR count). The van der Waals surface area contributed by atoms with Crippen molar-refractivity contribution in [2.75, 3.05) is 40.5 Å². The number of hydrogen-bond donors (Lipinski definition) is 0. The smallest absolute Gasteiger partial charge is 0.255 e. The van der Waals surface area contributed by atoms with Crippen molar-refractivity contribution in [3.8, 4) is 5.75 Å². The number of morpholine rings is 1. The maximum absolute atomic E-state index is 12.9. The van der Waals surface area contributed by atoms with Gasteiger partial charge in [0.25, 0.3) is 5.91 Å². The number of sulfonamides is 1. The Balaban J connectivity index is 1.81. The van der Waals surface area contributed by atoms with Crippen LogP contribution in [-0.4, -0.2) is 64.0 Å². The van der Waals surface area contributed by atoms with Crippen molar-refractivity contribution < 1.29 is 22.7 Å². The summed E-state index contributed by atoms with van der Waals surface area (Å²) in [5.41, 5.74) is 1.06. The third kappa shape index (κ3) is 4.90. The molecule has 1 aliphatic heterocycles. The van der Waals surface area contributed by atoms with E-state index in [2.05, 4.69) is 0 Å². The van der Waals surface area contributed by atoms with Crippen LogP contribution < -0.4 is 4.74 Å². The molecule has 0 N–H and O–H groups in total. The van der Waals surface area contributed by atoms with Crippen LogP contribution in [-0.2, 0) is 21.3 Å². The van der Waals surface area contributed by atoms with Gasteiger partial charge in [-0.25, -0.2) is 8.42 Å². The summed E-state index contributed by atoms with van der Waals surface area (Å²) in [6, 6.07) is 11.6. The van der Waals surface area contributed by atoms with E-state index < -0.39 is 10.0 Å². The lowest BCUT2D eigenvalue weighted by Crippen LogP contribution is -2.40. The largest absolute Gasteiger partial charge is 0.497 e. The standard InChI is InChI=1S/C20H23ClN2O5S/c1-22(14-15-3-5-16(27-2)6-4-15)20(24)18-13-17(7-8-19(18)21)29(25,26)23-9-11-28-12-10-23/h3-8,13H,9-12,14H2,1-2H3. The number of carbonyl (C=O) groups is 1. The Kier molecular flexibility index (Phi) is 6.79. The van der Waals surface area contributed by atoms with Crippen LogP contribution in [0.1, 0.15) is 15.9 Å². The van der Waals surface area contributed by atoms with Gasteiger partial charge in [0.2, 0.25) is 10.0 Å². The van der Waals surface area contributed by atoms with Gasteiger partial charge in [0, 0.05) is 26.7 Å². The third-order valence-electron chi connectivity index (χ3n) is 4.70. The molecule has 2 aromatic carbocycles. The fourth-order valence-corrected chi connectivity index (χ4v) is 4.68. The van der Waals surface area contributed by atoms with Gasteiger partial charge in [-0.2, -0.15) is 4.31 Å². The Labute approximate surface area is 175 Å². The first-order chi connectivity index (χ1) is 13.8. The number of nitrogens with zero attached hydrogens (tertiary/aromatic N) is 2. The summed E-state index contributed by atoms with van der Waals surface area (Å²) >= 11 is 6.22. The van der Waals surface area contributed by atoms with Crippen molar-refractivity contribution >= 4 is 27.5 Å². The van der Waals surface area contributed by atoms with Gasteiger partial charge in [-0.1, -0.05) is 23.7 Å². The highest BCUT2D eigenvalue weighted by Crippen LogP contribution is 2.25. The van der Waals surface area contributed by atoms with Crippen LogP contribution in [0.2, 0.25) is 5.02 Å². The predicted octanol–water partition coefficient (Wildman–Crippen LogP) is 2.64. The van der Waals surface area contributed by atoms with Gasteiger partial charge in [0.05, 0.1) is 35.8 Å². The van der Waals surface area contributed by atoms with Crippen LogP contribution in [0, 0.1) is 0 Å². The molecule has 0 radical (unpaired) electrons. The SMILES string of the molecule is COc1ccc(CN(C)C(=O)c2cc(S(=O)(=O)N3CCOCC3)ccc2Cl)cc1. The maximum atomic E-state index is 12.9. The zero-order valence-corrected chi connectivity index (χ0v) is 17.9. The summed E-state index contributed by atoms with van der Waals surface area (Å²) in [7, 11) is -0.484. The molecular formula is C20H23ClN2O5S. The van der Waals surface area contributed by atoms with Gasteiger partial charge in [-0.15, -0.1) is 0 Å². The van der Waals surface area contributed by atoms with E-state index in [1.165, 1.54) is 27.4 Å². The molecule has 0 bridgehead atoms. The third-order valence-corrected chi connectivity index (χ3v) is 6.93. The normalized spacial score (nSPS) is 15.1. The number of benzene rings is 2. The number of carbonyl (C=O) groups excluding carboxylic acids is 1. The van der Waals surface area contributed by atoms with E-state index >= 15 is 0 Å². The molecule has 2 aromatic rings. The molecule has 1 amide bonds. The van der Waals surface area contributed by atoms with Crippen LogP contribution in [0.3, 0.4) is 0 Å². The van der Waals surface area contributed by atoms with Gasteiger partial charge in [0.15, 0.2) is 0 Å². The molecule has 1 aliphatic rings. The molecular weight excluding hydrogens is 416 g/mol. The number of hydrogen-bond acceptors (Lipinski definition) is 5. The molecule has 0 saturated carbocycles. The van der Waals surface area contributed by atoms with Crippen molar-refractivity contribution in [3.05, 3.63) is 58.6 Å². The summed E-state index contributed by atoms with van der Waals surface area (Å²) < 4.78 is 37.5. The highest BCUT2D eigenvalue weighted by atomic mass is 35.5. The van der Waals surface area contributed by atoms with Crippen LogP contribution in [0.15, 0.2) is 47.4 Å². The molecule has 156 valence electrons. The number of methoxy groups -OCH3 is 1. The van der Waals surface area contributed by atoms with Crippen LogP contribution in [0.25, 0.3) is 0 Å². The second-order valence-electron chi connectivity index (χ2n) is 6.67. The highest BCUT2D eigenvalue weighted by Gasteiger charge is 2.28. The topological polar surface area (TPSA) is 76.2 Å². The quantitative estimate of drug-likeness (QED) is 0.693. The molecule has 29 heavy (non-hydrogen) atoms. The first kappa shape index (κ1) is 21.6. The average Bonchev–Trinajstić information content (AvgIpc) is 2.74. The van der Waals surface area contributed by atoms with Gasteiger partial charge in [0.1, 0.15) is 5.75 Å². The maximum Gasteiger partial charge on any atom is 0.255 e. The van der Waals surface area contributed by atoms with Crippen LogP contribution in [0.5, 0.6) is 5.75 Å². The van der Waals surface area contributed by atoms with E-state index in [1.807, 2.05) is 24.3 Å². The molecule has 1 heterocycles. The molecule has 0 aromatic heterocycles. The molecule has 0 spiro atoms. The predicted molar refractivity (Wildman–Crippen MR) is 110 cm³/mol. The van der Waals surface area contributed by atoms with E-state index in [0.717, 1.165) is 11.3 Å². The Morgan fingerprint density at radius 2 is 1.83 bits per heavy atom. The number of amides is 1. The number of halogens is 1. The Bertz CT molecular complexity index is 973. The minimum Gasteiger partial charge on any atom is -0.497 e. The zero-order chi connectivity index (χ0) is 21.0. The molecule has 0 atom stereocenters. The van der Waals surface area contributed by atoms with E-state index in [-0.39, 0.29) is 34.5 Å². The van der Waals surface area contributed by atoms with Crippen LogP contribution in [0.4, 0.5) is 0 Å². The second-order valence-corrected chi connectivity index (χ2v) is 9.01. The van der Waals surface area contributed by atoms with Crippen molar-refractivity contribution in [2.45, 2.75) is 11.4 Å². The number of ether oxygens (including phenoxy) is 2. The van der Waals surface area contributed by atoms with E-state index in [4.69, 9.17) is 21.1 Å². The van der Waals surface area contributed by atoms with Gasteiger partial charge in [-0.05, 0) is 35.9 Å². The van der Waals surface area contributed by atoms with Crippen molar-refractivity contribution in [1.82, 2.24) is 9.21 Å². The van der Waals surface area contributed by atoms with E-state index in [9.17, 15) is 13.2 Å². The molecule has 1 saturated heterocycles. The highest BCUT2D eigenvalue weighted by molar-refractivity contribution is 7.89. The fourth-order valence-electron chi connectivity index (χ4n) is 3.05. The van der Waals surface area contributed by atoms with Gasteiger partial charge < -0.3 is 14.4 Å². The first-order valence-corrected chi connectivity index (χ1v) is 10.9. The molecule has 7 nitrogen and oxygen atoms in total. The van der Waals surface area contributed by atoms with E-state index in [0.29, 0.717) is 19.8 Å². The Morgan fingerprint density at radius 1 is 1.17 bits per heavy atom. The monoisotopic (exact) mass is 438 g/mol. The van der Waals surface area contributed by atoms with Crippen molar-refractivity contribution in [1.29, 1.82) is 0 Å². The molecule has 9 heteroatoms. The van der Waals surface area contributed by atoms with Crippen molar-refractivity contribution in [3.63, 3.8) is 0 Å². The Hall–Kier alpha value is -2.13. The Morgan fingerprint density at radius 3 is 2.45 bits per heavy atom. The summed E-state index contributed by atoms with van der Waals surface area (Å²) in [6.07, 6.45) is 0. The minimum atomic E-state index is -3.72. The zero-order valence-electron chi connectivity index (χ0n) is 16.3. The van der Waals surface area contributed by atoms with Crippen LogP contribution >= 0.6 is 11.6 Å². The van der Waals surface area contributed by atoms with Gasteiger partial charge >= 0.3 is 0 Å². The summed E-state index contributed by atoms with van der Waals surface area (Å²) in [6.45, 7) is 1.61. The lowest BCUT2D eigenvalue weighted by atomic mass is 10.1. The number of rotatable bonds is 6. The van der Waals surface area contributed by atoms with E-state index in [1.54, 1.807) is 14.2 Å². The first-order valence-electron chi connectivity index (χ1n) is 9.09. The second kappa shape index (κ2) is 9.13. The lowest BCUT2D eigenvalue weighted by Gasteiger charge is -2.26. The lowest BCUT2D eigenvalue weighted by molar-refractivity contribution is 0.0730. The average molecular weight is 439 g/mol. The molecule has 0 aliphatic carbocycles. The summed E-state index contributed by atoms with van der Waals surface area (Å²) in [4.78, 5) is 14.5.